The molecule has 0 aromatic carbocycles. The van der Waals surface area contributed by atoms with Gasteiger partial charge in [-0.3, -0.25) is 13.8 Å². The molecule has 3 atom stereocenters. The average Bonchev–Trinajstić information content (AvgIpc) is 3.71. The number of carbonyl (C=O) groups excluding carboxylic acids is 1. The molecule has 88 heavy (non-hydrogen) atoms. The van der Waals surface area contributed by atoms with Crippen LogP contribution in [0.2, 0.25) is 0 Å². The predicted molar refractivity (Wildman–Crippen MR) is 387 cm³/mol. The highest BCUT2D eigenvalue weighted by atomic mass is 31.2. The van der Waals surface area contributed by atoms with Crippen molar-refractivity contribution in [2.45, 2.75) is 373 Å². The summed E-state index contributed by atoms with van der Waals surface area (Å²) in [4.78, 5) is 23.4. The van der Waals surface area contributed by atoms with Gasteiger partial charge in [0.25, 0.3) is 0 Å². The quantitative estimate of drug-likeness (QED) is 0.0243. The Morgan fingerprint density at radius 2 is 0.693 bits per heavy atom. The maximum Gasteiger partial charge on any atom is 0.472 e. The number of aliphatic hydroxyl groups excluding tert-OH is 1. The molecule has 9 heteroatoms. The molecule has 3 unspecified atom stereocenters. The van der Waals surface area contributed by atoms with Gasteiger partial charge in [-0.15, -0.1) is 0 Å². The summed E-state index contributed by atoms with van der Waals surface area (Å²) in [5.74, 6) is -0.185. The molecule has 0 radical (unpaired) electrons. The van der Waals surface area contributed by atoms with Crippen molar-refractivity contribution < 1.29 is 32.9 Å². The first-order chi connectivity index (χ1) is 43.0. The molecule has 8 nitrogen and oxygen atoms in total. The second kappa shape index (κ2) is 69.0. The number of unbranched alkanes of at least 4 members (excludes halogenated alkanes) is 45. The summed E-state index contributed by atoms with van der Waals surface area (Å²) < 4.78 is 23.8. The molecule has 0 fully saturated rings. The third-order valence-electron chi connectivity index (χ3n) is 17.1. The zero-order valence-electron chi connectivity index (χ0n) is 59.0. The van der Waals surface area contributed by atoms with Gasteiger partial charge in [0.15, 0.2) is 0 Å². The number of hydrogen-bond donors (Lipinski definition) is 3. The number of hydrogen-bond acceptors (Lipinski definition) is 5. The summed E-state index contributed by atoms with van der Waals surface area (Å²) >= 11 is 0. The van der Waals surface area contributed by atoms with Crippen LogP contribution >= 0.6 is 7.82 Å². The monoisotopic (exact) mass is 1250 g/mol. The van der Waals surface area contributed by atoms with Gasteiger partial charge in [-0.1, -0.05) is 356 Å². The highest BCUT2D eigenvalue weighted by molar-refractivity contribution is 7.47. The second-order valence-electron chi connectivity index (χ2n) is 27.0. The van der Waals surface area contributed by atoms with E-state index in [9.17, 15) is 19.4 Å². The lowest BCUT2D eigenvalue weighted by Crippen LogP contribution is -2.45. The van der Waals surface area contributed by atoms with E-state index in [0.29, 0.717) is 17.4 Å². The van der Waals surface area contributed by atoms with Crippen molar-refractivity contribution in [1.82, 2.24) is 5.32 Å². The number of nitrogens with one attached hydrogen (secondary N) is 1. The fourth-order valence-electron chi connectivity index (χ4n) is 11.2. The largest absolute Gasteiger partial charge is 0.472 e. The van der Waals surface area contributed by atoms with Gasteiger partial charge in [-0.2, -0.15) is 0 Å². The predicted octanol–water partition coefficient (Wildman–Crippen LogP) is 24.7. The number of carbonyl (C=O) groups is 1. The van der Waals surface area contributed by atoms with Crippen LogP contribution < -0.4 is 5.32 Å². The summed E-state index contributed by atoms with van der Waals surface area (Å²) in [6.45, 7) is 4.72. The maximum absolute atomic E-state index is 13.1. The second-order valence-corrected chi connectivity index (χ2v) is 28.4. The SMILES string of the molecule is CC/C=C\C/C=C\C/C=C\C/C=C\CCCCCCCCCCCCCCCCCCCCCCCCCCCCCCC(=O)NC(COP(=O)(O)OCC[N+](C)(C)C)C(O)/C=C/CC/C=C/CC/C=C/CCCCCCCCCCCCCCCCC. The third kappa shape index (κ3) is 71.1. The van der Waals surface area contributed by atoms with Crippen LogP contribution in [-0.2, 0) is 18.4 Å². The van der Waals surface area contributed by atoms with Crippen LogP contribution in [0.4, 0.5) is 0 Å². The van der Waals surface area contributed by atoms with E-state index in [0.717, 1.165) is 70.6 Å². The molecule has 0 heterocycles. The molecule has 0 aliphatic carbocycles. The lowest BCUT2D eigenvalue weighted by molar-refractivity contribution is -0.870. The van der Waals surface area contributed by atoms with Crippen molar-refractivity contribution in [3.8, 4) is 0 Å². The number of rotatable bonds is 70. The molecule has 0 aromatic heterocycles. The van der Waals surface area contributed by atoms with Gasteiger partial charge in [-0.05, 0) is 83.5 Å². The van der Waals surface area contributed by atoms with Gasteiger partial charge < -0.3 is 19.8 Å². The number of quaternary nitrogens is 1. The Labute approximate surface area is 547 Å². The van der Waals surface area contributed by atoms with E-state index in [1.807, 2.05) is 27.2 Å². The van der Waals surface area contributed by atoms with E-state index < -0.39 is 20.0 Å². The van der Waals surface area contributed by atoms with Gasteiger partial charge in [0.2, 0.25) is 5.91 Å². The molecule has 0 aromatic rings. The van der Waals surface area contributed by atoms with E-state index in [1.165, 1.54) is 270 Å². The van der Waals surface area contributed by atoms with Gasteiger partial charge in [-0.25, -0.2) is 4.57 Å². The minimum absolute atomic E-state index is 0.0534. The Hall–Kier alpha value is -2.32. The smallest absolute Gasteiger partial charge is 0.387 e. The number of nitrogens with zero attached hydrogens (tertiary/aromatic N) is 1. The molecule has 0 bridgehead atoms. The number of phosphoric ester groups is 1. The van der Waals surface area contributed by atoms with Crippen molar-refractivity contribution in [3.05, 3.63) is 85.1 Å². The Balaban J connectivity index is 3.97. The first kappa shape index (κ1) is 85.7. The van der Waals surface area contributed by atoms with Crippen molar-refractivity contribution in [2.24, 2.45) is 0 Å². The Kier molecular flexibility index (Phi) is 67.2. The van der Waals surface area contributed by atoms with Gasteiger partial charge >= 0.3 is 7.82 Å². The molecule has 1 amide bonds. The first-order valence-corrected chi connectivity index (χ1v) is 39.5. The van der Waals surface area contributed by atoms with Gasteiger partial charge in [0.05, 0.1) is 39.9 Å². The van der Waals surface area contributed by atoms with E-state index >= 15 is 0 Å². The van der Waals surface area contributed by atoms with Crippen LogP contribution in [0.5, 0.6) is 0 Å². The van der Waals surface area contributed by atoms with Gasteiger partial charge in [0.1, 0.15) is 13.2 Å². The zero-order chi connectivity index (χ0) is 64.1. The Morgan fingerprint density at radius 3 is 1.05 bits per heavy atom. The number of allylic oxidation sites excluding steroid dienone is 13. The van der Waals surface area contributed by atoms with Crippen LogP contribution in [0.15, 0.2) is 85.1 Å². The Morgan fingerprint density at radius 1 is 0.398 bits per heavy atom. The van der Waals surface area contributed by atoms with Crippen molar-refractivity contribution >= 4 is 13.7 Å². The molecule has 0 rings (SSSR count). The highest BCUT2D eigenvalue weighted by Crippen LogP contribution is 2.43. The summed E-state index contributed by atoms with van der Waals surface area (Å²) in [5.41, 5.74) is 0. The standard InChI is InChI=1S/C79H147N2O6P/c1-6-8-10-12-14-16-18-20-22-24-26-28-30-32-33-34-35-36-37-38-39-40-41-42-43-44-45-46-47-49-51-53-55-57-59-61-63-65-67-69-71-73-79(83)80-77(76-87-88(84,85)86-75-74-81(3,4)5)78(82)72-70-68-66-64-62-60-58-56-54-52-50-48-31-29-27-25-23-21-19-17-15-13-11-9-7-2/h8,10,14,16,20,22,26,28,54,56,62,64,70,72,77-78,82H,6-7,9,11-13,15,17-19,21,23-25,27,29-53,55,57-61,63,65-69,71,73-76H2,1-5H3,(H-,80,83,84,85)/p+1/b10-8-,16-14-,22-20-,28-26-,56-54+,64-62+,72-70+. The Bertz CT molecular complexity index is 1710. The number of amides is 1. The number of likely N-dealkylation sites (N-methyl/N-ethyl adjacent to an activating group) is 1. The summed E-state index contributed by atoms with van der Waals surface area (Å²) in [6.07, 6.45) is 99.2. The fraction of sp³-hybridized carbons (Fsp3) is 0.810. The van der Waals surface area contributed by atoms with E-state index in [4.69, 9.17) is 9.05 Å². The van der Waals surface area contributed by atoms with Crippen LogP contribution in [0.25, 0.3) is 0 Å². The molecular formula is C79H148N2O6P+. The molecule has 514 valence electrons. The van der Waals surface area contributed by atoms with Crippen LogP contribution in [0.3, 0.4) is 0 Å². The number of phosphoric acid groups is 1. The van der Waals surface area contributed by atoms with Crippen molar-refractivity contribution in [2.75, 3.05) is 40.9 Å². The number of aliphatic hydroxyl groups is 1. The van der Waals surface area contributed by atoms with Crippen molar-refractivity contribution in [3.63, 3.8) is 0 Å². The first-order valence-electron chi connectivity index (χ1n) is 38.0. The normalized spacial score (nSPS) is 14.0. The molecular weight excluding hydrogens is 1100 g/mol. The summed E-state index contributed by atoms with van der Waals surface area (Å²) in [5, 5.41) is 14.0. The molecule has 0 aliphatic heterocycles. The lowest BCUT2D eigenvalue weighted by Gasteiger charge is -2.25. The topological polar surface area (TPSA) is 105 Å². The molecule has 3 N–H and O–H groups in total. The van der Waals surface area contributed by atoms with E-state index in [-0.39, 0.29) is 19.1 Å². The molecule has 0 saturated heterocycles. The van der Waals surface area contributed by atoms with Crippen LogP contribution in [0.1, 0.15) is 361 Å². The fourth-order valence-corrected chi connectivity index (χ4v) is 12.0. The van der Waals surface area contributed by atoms with E-state index in [2.05, 4.69) is 92.1 Å². The van der Waals surface area contributed by atoms with Crippen LogP contribution in [0, 0.1) is 0 Å². The molecule has 0 spiro atoms. The van der Waals surface area contributed by atoms with Gasteiger partial charge in [0, 0.05) is 6.42 Å². The van der Waals surface area contributed by atoms with E-state index in [1.54, 1.807) is 6.08 Å². The lowest BCUT2D eigenvalue weighted by atomic mass is 10.0. The molecule has 0 aliphatic rings. The van der Waals surface area contributed by atoms with Crippen molar-refractivity contribution in [1.29, 1.82) is 0 Å². The van der Waals surface area contributed by atoms with Crippen LogP contribution in [-0.4, -0.2) is 73.4 Å². The molecule has 0 saturated carbocycles. The maximum atomic E-state index is 13.1. The third-order valence-corrected chi connectivity index (χ3v) is 18.1. The zero-order valence-corrected chi connectivity index (χ0v) is 59.9. The minimum atomic E-state index is -4.37. The average molecular weight is 1250 g/mol. The minimum Gasteiger partial charge on any atom is -0.387 e. The summed E-state index contributed by atoms with van der Waals surface area (Å²) in [6, 6.07) is -0.873. The highest BCUT2D eigenvalue weighted by Gasteiger charge is 2.28. The summed E-state index contributed by atoms with van der Waals surface area (Å²) in [7, 11) is 1.56.